The minimum absolute atomic E-state index is 0.235. The smallest absolute Gasteiger partial charge is 0.222 e. The number of piperidine rings is 1. The van der Waals surface area contributed by atoms with Gasteiger partial charge >= 0.3 is 0 Å². The van der Waals surface area contributed by atoms with Crippen LogP contribution in [0.1, 0.15) is 19.3 Å². The van der Waals surface area contributed by atoms with Gasteiger partial charge in [-0.2, -0.15) is 0 Å². The number of amides is 1. The molecule has 3 nitrogen and oxygen atoms in total. The molecule has 2 aliphatic rings. The molecule has 0 bridgehead atoms. The highest BCUT2D eigenvalue weighted by molar-refractivity contribution is 7.99. The number of thioether (sulfide) groups is 1. The zero-order valence-electron chi connectivity index (χ0n) is 12.0. The van der Waals surface area contributed by atoms with Crippen LogP contribution in [0.15, 0.2) is 29.2 Å². The van der Waals surface area contributed by atoms with E-state index in [9.17, 15) is 4.79 Å². The van der Waals surface area contributed by atoms with Gasteiger partial charge in [0.25, 0.3) is 0 Å². The van der Waals surface area contributed by atoms with E-state index in [2.05, 4.69) is 0 Å². The summed E-state index contributed by atoms with van der Waals surface area (Å²) in [7, 11) is 0. The van der Waals surface area contributed by atoms with E-state index in [4.69, 9.17) is 16.3 Å². The molecule has 2 heterocycles. The van der Waals surface area contributed by atoms with Crippen molar-refractivity contribution in [2.24, 2.45) is 5.41 Å². The number of benzene rings is 1. The van der Waals surface area contributed by atoms with Gasteiger partial charge in [-0.05, 0) is 37.1 Å². The lowest BCUT2D eigenvalue weighted by Crippen LogP contribution is -2.47. The first-order chi connectivity index (χ1) is 10.2. The molecule has 3 rings (SSSR count). The van der Waals surface area contributed by atoms with Gasteiger partial charge in [-0.25, -0.2) is 0 Å². The molecule has 1 aromatic carbocycles. The molecule has 5 heteroatoms. The second-order valence-corrected chi connectivity index (χ2v) is 7.53. The number of likely N-dealkylation sites (tertiary alicyclic amines) is 1. The number of hydrogen-bond acceptors (Lipinski definition) is 3. The molecular weight excluding hydrogens is 306 g/mol. The molecule has 0 saturated carbocycles. The van der Waals surface area contributed by atoms with Crippen LogP contribution in [0.3, 0.4) is 0 Å². The third kappa shape index (κ3) is 3.74. The molecule has 1 aromatic rings. The molecular formula is C16H20ClNO2S. The zero-order chi connectivity index (χ0) is 14.7. The minimum atomic E-state index is 0.235. The van der Waals surface area contributed by atoms with Gasteiger partial charge in [0.2, 0.25) is 5.91 Å². The molecule has 0 aromatic heterocycles. The Labute approximate surface area is 135 Å². The second kappa shape index (κ2) is 6.59. The summed E-state index contributed by atoms with van der Waals surface area (Å²) in [4.78, 5) is 15.3. The Hall–Kier alpha value is -0.710. The van der Waals surface area contributed by atoms with Crippen molar-refractivity contribution in [3.05, 3.63) is 29.3 Å². The van der Waals surface area contributed by atoms with Gasteiger partial charge in [0.05, 0.1) is 6.61 Å². The first-order valence-electron chi connectivity index (χ1n) is 7.41. The first kappa shape index (κ1) is 15.2. The maximum atomic E-state index is 12.1. The van der Waals surface area contributed by atoms with Crippen LogP contribution in [-0.2, 0) is 9.53 Å². The van der Waals surface area contributed by atoms with Gasteiger partial charge in [-0.3, -0.25) is 4.79 Å². The summed E-state index contributed by atoms with van der Waals surface area (Å²) in [6, 6.07) is 7.86. The normalized spacial score (nSPS) is 25.8. The van der Waals surface area contributed by atoms with E-state index in [0.29, 0.717) is 12.3 Å². The predicted octanol–water partition coefficient (Wildman–Crippen LogP) is 3.46. The molecule has 0 aliphatic carbocycles. The van der Waals surface area contributed by atoms with Gasteiger partial charge in [0.15, 0.2) is 0 Å². The minimum Gasteiger partial charge on any atom is -0.381 e. The van der Waals surface area contributed by atoms with E-state index >= 15 is 0 Å². The molecule has 1 spiro atoms. The Morgan fingerprint density at radius 3 is 2.81 bits per heavy atom. The van der Waals surface area contributed by atoms with Crippen LogP contribution in [0.2, 0.25) is 5.02 Å². The monoisotopic (exact) mass is 325 g/mol. The van der Waals surface area contributed by atoms with E-state index in [1.807, 2.05) is 29.2 Å². The van der Waals surface area contributed by atoms with Crippen LogP contribution < -0.4 is 0 Å². The van der Waals surface area contributed by atoms with E-state index < -0.39 is 0 Å². The Balaban J connectivity index is 1.51. The van der Waals surface area contributed by atoms with Crippen LogP contribution in [0, 0.1) is 5.41 Å². The zero-order valence-corrected chi connectivity index (χ0v) is 13.6. The Bertz CT molecular complexity index is 500. The number of carbonyl (C=O) groups is 1. The van der Waals surface area contributed by atoms with E-state index in [-0.39, 0.29) is 5.41 Å². The molecule has 21 heavy (non-hydrogen) atoms. The van der Waals surface area contributed by atoms with Crippen LogP contribution >= 0.6 is 23.4 Å². The summed E-state index contributed by atoms with van der Waals surface area (Å²) >= 11 is 7.65. The molecule has 1 amide bonds. The second-order valence-electron chi connectivity index (χ2n) is 5.92. The molecule has 2 fully saturated rings. The first-order valence-corrected chi connectivity index (χ1v) is 8.77. The lowest BCUT2D eigenvalue weighted by Gasteiger charge is -2.39. The lowest BCUT2D eigenvalue weighted by molar-refractivity contribution is -0.137. The highest BCUT2D eigenvalue weighted by Crippen LogP contribution is 2.38. The summed E-state index contributed by atoms with van der Waals surface area (Å²) in [5, 5.41) is 0.758. The van der Waals surface area contributed by atoms with Gasteiger partial charge in [-0.1, -0.05) is 11.6 Å². The Morgan fingerprint density at radius 1 is 1.29 bits per heavy atom. The number of ether oxygens (including phenoxy) is 1. The molecule has 2 saturated heterocycles. The highest BCUT2D eigenvalue weighted by atomic mass is 35.5. The predicted molar refractivity (Wildman–Crippen MR) is 85.9 cm³/mol. The number of halogens is 1. The number of rotatable bonds is 4. The largest absolute Gasteiger partial charge is 0.381 e. The van der Waals surface area contributed by atoms with Gasteiger partial charge in [0, 0.05) is 47.2 Å². The average Bonchev–Trinajstić information content (AvgIpc) is 2.93. The van der Waals surface area contributed by atoms with Crippen LogP contribution in [0.5, 0.6) is 0 Å². The van der Waals surface area contributed by atoms with Crippen molar-refractivity contribution < 1.29 is 9.53 Å². The average molecular weight is 326 g/mol. The molecule has 114 valence electrons. The quantitative estimate of drug-likeness (QED) is 0.794. The topological polar surface area (TPSA) is 29.5 Å². The third-order valence-corrected chi connectivity index (χ3v) is 5.62. The van der Waals surface area contributed by atoms with Crippen molar-refractivity contribution in [3.63, 3.8) is 0 Å². The molecule has 0 N–H and O–H groups in total. The Kier molecular flexibility index (Phi) is 4.77. The van der Waals surface area contributed by atoms with E-state index in [0.717, 1.165) is 49.9 Å². The number of nitrogens with zero attached hydrogens (tertiary/aromatic N) is 1. The van der Waals surface area contributed by atoms with E-state index in [1.54, 1.807) is 11.8 Å². The molecule has 1 atom stereocenters. The summed E-state index contributed by atoms with van der Waals surface area (Å²) in [6.07, 6.45) is 2.77. The highest BCUT2D eigenvalue weighted by Gasteiger charge is 2.41. The SMILES string of the molecule is O=C1CC[C@@]2(CCOC2)CN1CCSc1ccc(Cl)cc1. The van der Waals surface area contributed by atoms with Crippen molar-refractivity contribution >= 4 is 29.3 Å². The van der Waals surface area contributed by atoms with E-state index in [1.165, 1.54) is 4.90 Å². The fraction of sp³-hybridized carbons (Fsp3) is 0.562. The number of hydrogen-bond donors (Lipinski definition) is 0. The van der Waals surface area contributed by atoms with Crippen molar-refractivity contribution in [3.8, 4) is 0 Å². The van der Waals surface area contributed by atoms with Gasteiger partial charge in [0.1, 0.15) is 0 Å². The van der Waals surface area contributed by atoms with Crippen LogP contribution in [0.25, 0.3) is 0 Å². The van der Waals surface area contributed by atoms with Crippen LogP contribution in [0.4, 0.5) is 0 Å². The number of carbonyl (C=O) groups excluding carboxylic acids is 1. The summed E-state index contributed by atoms with van der Waals surface area (Å²) < 4.78 is 5.55. The third-order valence-electron chi connectivity index (χ3n) is 4.38. The fourth-order valence-corrected chi connectivity index (χ4v) is 4.08. The molecule has 0 unspecified atom stereocenters. The van der Waals surface area contributed by atoms with Gasteiger partial charge in [-0.15, -0.1) is 11.8 Å². The van der Waals surface area contributed by atoms with Crippen molar-refractivity contribution in [2.45, 2.75) is 24.2 Å². The molecule has 0 radical (unpaired) electrons. The standard InChI is InChI=1S/C16H20ClNO2S/c17-13-1-3-14(4-2-13)21-10-8-18-11-16(6-5-15(18)19)7-9-20-12-16/h1-4H,5-12H2/t16-/m1/s1. The maximum Gasteiger partial charge on any atom is 0.222 e. The van der Waals surface area contributed by atoms with Crippen molar-refractivity contribution in [2.75, 3.05) is 32.1 Å². The fourth-order valence-electron chi connectivity index (χ4n) is 3.08. The summed E-state index contributed by atoms with van der Waals surface area (Å²) in [6.45, 7) is 3.35. The Morgan fingerprint density at radius 2 is 2.10 bits per heavy atom. The van der Waals surface area contributed by atoms with Crippen LogP contribution in [-0.4, -0.2) is 42.9 Å². The summed E-state index contributed by atoms with van der Waals surface area (Å²) in [5.41, 5.74) is 0.235. The molecule has 2 aliphatic heterocycles. The van der Waals surface area contributed by atoms with Crippen molar-refractivity contribution in [1.29, 1.82) is 0 Å². The van der Waals surface area contributed by atoms with Crippen molar-refractivity contribution in [1.82, 2.24) is 4.90 Å². The summed E-state index contributed by atoms with van der Waals surface area (Å²) in [5.74, 6) is 1.22. The van der Waals surface area contributed by atoms with Gasteiger partial charge < -0.3 is 9.64 Å². The lowest BCUT2D eigenvalue weighted by atomic mass is 9.79. The maximum absolute atomic E-state index is 12.1.